The molecule has 0 unspecified atom stereocenters. The maximum atomic E-state index is 3.62. The second-order valence-electron chi connectivity index (χ2n) is 1.15. The van der Waals surface area contributed by atoms with Gasteiger partial charge in [-0.1, -0.05) is 6.08 Å². The standard InChI is InChI=1S/C4H5N3/c1-2-4-3-5-7-6-4/h2-3H,1H3. The van der Waals surface area contributed by atoms with Crippen molar-refractivity contribution in [2.24, 2.45) is 15.4 Å². The van der Waals surface area contributed by atoms with Gasteiger partial charge in [-0.15, -0.1) is 10.2 Å². The number of nitrogens with zero attached hydrogens (tertiary/aromatic N) is 3. The predicted molar refractivity (Wildman–Crippen MR) is 27.1 cm³/mol. The fourth-order valence-electron chi connectivity index (χ4n) is 0.321. The molecule has 0 aliphatic carbocycles. The van der Waals surface area contributed by atoms with Crippen molar-refractivity contribution in [1.29, 1.82) is 0 Å². The first kappa shape index (κ1) is 4.18. The van der Waals surface area contributed by atoms with Crippen molar-refractivity contribution in [2.75, 3.05) is 0 Å². The SMILES string of the molecule is CC=C1C=NN=N1. The van der Waals surface area contributed by atoms with Crippen LogP contribution in [0.25, 0.3) is 0 Å². The van der Waals surface area contributed by atoms with E-state index in [1.54, 1.807) is 6.21 Å². The third-order valence-corrected chi connectivity index (χ3v) is 0.698. The first-order valence-corrected chi connectivity index (χ1v) is 2.04. The molecule has 1 rings (SSSR count). The van der Waals surface area contributed by atoms with Crippen LogP contribution in [-0.4, -0.2) is 6.21 Å². The Morgan fingerprint density at radius 2 is 2.57 bits per heavy atom. The van der Waals surface area contributed by atoms with Gasteiger partial charge in [0.05, 0.1) is 6.21 Å². The van der Waals surface area contributed by atoms with Crippen molar-refractivity contribution < 1.29 is 0 Å². The fraction of sp³-hybridized carbons (Fsp3) is 0.250. The van der Waals surface area contributed by atoms with E-state index in [1.165, 1.54) is 0 Å². The van der Waals surface area contributed by atoms with Gasteiger partial charge >= 0.3 is 0 Å². The van der Waals surface area contributed by atoms with E-state index >= 15 is 0 Å². The molecule has 0 N–H and O–H groups in total. The van der Waals surface area contributed by atoms with E-state index in [2.05, 4.69) is 15.4 Å². The summed E-state index contributed by atoms with van der Waals surface area (Å²) in [5.41, 5.74) is 0.833. The van der Waals surface area contributed by atoms with Gasteiger partial charge < -0.3 is 0 Å². The van der Waals surface area contributed by atoms with Crippen molar-refractivity contribution in [3.8, 4) is 0 Å². The minimum atomic E-state index is 0.833. The maximum Gasteiger partial charge on any atom is 0.103 e. The average Bonchev–Trinajstić information content (AvgIpc) is 2.14. The van der Waals surface area contributed by atoms with Gasteiger partial charge in [-0.25, -0.2) is 0 Å². The summed E-state index contributed by atoms with van der Waals surface area (Å²) in [6.07, 6.45) is 3.46. The molecule has 0 aromatic heterocycles. The van der Waals surface area contributed by atoms with Crippen LogP contribution < -0.4 is 0 Å². The quantitative estimate of drug-likeness (QED) is 0.435. The highest BCUT2D eigenvalue weighted by Gasteiger charge is 1.89. The Hall–Kier alpha value is -0.990. The third-order valence-electron chi connectivity index (χ3n) is 0.698. The van der Waals surface area contributed by atoms with E-state index < -0.39 is 0 Å². The van der Waals surface area contributed by atoms with E-state index in [-0.39, 0.29) is 0 Å². The second kappa shape index (κ2) is 1.64. The number of rotatable bonds is 0. The molecular weight excluding hydrogens is 90.1 g/mol. The van der Waals surface area contributed by atoms with Crippen LogP contribution in [0, 0.1) is 0 Å². The Kier molecular flexibility index (Phi) is 0.978. The van der Waals surface area contributed by atoms with Gasteiger partial charge in [0.2, 0.25) is 0 Å². The number of allylic oxidation sites excluding steroid dienone is 2. The van der Waals surface area contributed by atoms with Crippen molar-refractivity contribution in [3.05, 3.63) is 11.8 Å². The molecule has 1 heterocycles. The molecule has 0 aromatic carbocycles. The minimum absolute atomic E-state index is 0.833. The molecule has 0 amide bonds. The summed E-state index contributed by atoms with van der Waals surface area (Å²) in [6, 6.07) is 0. The molecule has 0 radical (unpaired) electrons. The molecule has 36 valence electrons. The van der Waals surface area contributed by atoms with E-state index in [0.29, 0.717) is 0 Å². The molecule has 1 aliphatic rings. The van der Waals surface area contributed by atoms with Gasteiger partial charge in [-0.05, 0) is 12.1 Å². The first-order valence-electron chi connectivity index (χ1n) is 2.04. The Balaban J connectivity index is 2.79. The monoisotopic (exact) mass is 95.0 g/mol. The van der Waals surface area contributed by atoms with Crippen LogP contribution >= 0.6 is 0 Å². The number of hydrogen-bond acceptors (Lipinski definition) is 3. The zero-order valence-corrected chi connectivity index (χ0v) is 4.00. The fourth-order valence-corrected chi connectivity index (χ4v) is 0.321. The summed E-state index contributed by atoms with van der Waals surface area (Å²) >= 11 is 0. The summed E-state index contributed by atoms with van der Waals surface area (Å²) < 4.78 is 0. The van der Waals surface area contributed by atoms with Crippen LogP contribution in [0.15, 0.2) is 27.2 Å². The van der Waals surface area contributed by atoms with Gasteiger partial charge in [-0.2, -0.15) is 0 Å². The van der Waals surface area contributed by atoms with Crippen LogP contribution in [0.2, 0.25) is 0 Å². The molecule has 1 aliphatic heterocycles. The van der Waals surface area contributed by atoms with Gasteiger partial charge in [-0.3, -0.25) is 0 Å². The largest absolute Gasteiger partial charge is 0.136 e. The predicted octanol–water partition coefficient (Wildman–Crippen LogP) is 1.34. The summed E-state index contributed by atoms with van der Waals surface area (Å²) in [5.74, 6) is 0. The Morgan fingerprint density at radius 1 is 1.71 bits per heavy atom. The van der Waals surface area contributed by atoms with Crippen LogP contribution in [0.4, 0.5) is 0 Å². The van der Waals surface area contributed by atoms with Gasteiger partial charge in [0.25, 0.3) is 0 Å². The highest BCUT2D eigenvalue weighted by Crippen LogP contribution is 1.99. The minimum Gasteiger partial charge on any atom is -0.136 e. The summed E-state index contributed by atoms with van der Waals surface area (Å²) in [7, 11) is 0. The molecule has 0 aromatic rings. The molecule has 0 spiro atoms. The molecular formula is C4H5N3. The smallest absolute Gasteiger partial charge is 0.103 e. The lowest BCUT2D eigenvalue weighted by Gasteiger charge is -1.71. The summed E-state index contributed by atoms with van der Waals surface area (Å²) in [4.78, 5) is 0. The maximum absolute atomic E-state index is 3.62. The highest BCUT2D eigenvalue weighted by molar-refractivity contribution is 5.78. The van der Waals surface area contributed by atoms with Crippen molar-refractivity contribution in [1.82, 2.24) is 0 Å². The molecule has 7 heavy (non-hydrogen) atoms. The Bertz CT molecular complexity index is 129. The number of hydrogen-bond donors (Lipinski definition) is 0. The second-order valence-corrected chi connectivity index (χ2v) is 1.15. The van der Waals surface area contributed by atoms with Gasteiger partial charge in [0.15, 0.2) is 0 Å². The molecule has 0 saturated carbocycles. The lowest BCUT2D eigenvalue weighted by Crippen LogP contribution is -1.67. The van der Waals surface area contributed by atoms with E-state index in [4.69, 9.17) is 0 Å². The van der Waals surface area contributed by atoms with Crippen LogP contribution in [0.3, 0.4) is 0 Å². The third kappa shape index (κ3) is 0.707. The summed E-state index contributed by atoms with van der Waals surface area (Å²) in [6.45, 7) is 1.89. The zero-order chi connectivity index (χ0) is 5.11. The topological polar surface area (TPSA) is 37.1 Å². The molecule has 0 saturated heterocycles. The van der Waals surface area contributed by atoms with Gasteiger partial charge in [0.1, 0.15) is 5.70 Å². The van der Waals surface area contributed by atoms with Crippen molar-refractivity contribution in [3.63, 3.8) is 0 Å². The lowest BCUT2D eigenvalue weighted by molar-refractivity contribution is 1.09. The zero-order valence-electron chi connectivity index (χ0n) is 4.00. The summed E-state index contributed by atoms with van der Waals surface area (Å²) in [5, 5.41) is 10.5. The molecule has 3 nitrogen and oxygen atoms in total. The van der Waals surface area contributed by atoms with E-state index in [0.717, 1.165) is 5.70 Å². The van der Waals surface area contributed by atoms with Crippen LogP contribution in [0.5, 0.6) is 0 Å². The molecule has 0 fully saturated rings. The van der Waals surface area contributed by atoms with E-state index in [1.807, 2.05) is 13.0 Å². The van der Waals surface area contributed by atoms with Gasteiger partial charge in [0, 0.05) is 0 Å². The average molecular weight is 95.1 g/mol. The molecule has 3 heteroatoms. The lowest BCUT2D eigenvalue weighted by atomic mass is 10.5. The normalized spacial score (nSPS) is 22.1. The van der Waals surface area contributed by atoms with Crippen molar-refractivity contribution >= 4 is 6.21 Å². The van der Waals surface area contributed by atoms with Crippen LogP contribution in [-0.2, 0) is 0 Å². The van der Waals surface area contributed by atoms with Crippen LogP contribution in [0.1, 0.15) is 6.92 Å². The highest BCUT2D eigenvalue weighted by atomic mass is 15.4. The van der Waals surface area contributed by atoms with Crippen molar-refractivity contribution in [2.45, 2.75) is 6.92 Å². The Labute approximate surface area is 41.5 Å². The Morgan fingerprint density at radius 3 is 2.86 bits per heavy atom. The molecule has 0 atom stereocenters. The first-order chi connectivity index (χ1) is 3.43. The van der Waals surface area contributed by atoms with E-state index in [9.17, 15) is 0 Å². The molecule has 0 bridgehead atoms.